The van der Waals surface area contributed by atoms with E-state index in [1.807, 2.05) is 13.0 Å². The number of piperazine rings is 1. The summed E-state index contributed by atoms with van der Waals surface area (Å²) in [5, 5.41) is 4.05. The molecule has 1 aromatic carbocycles. The minimum atomic E-state index is -0.411. The van der Waals surface area contributed by atoms with Crippen LogP contribution in [-0.4, -0.2) is 19.6 Å². The highest BCUT2D eigenvalue weighted by Crippen LogP contribution is 2.35. The SMILES string of the molecule is CC=C1CN(c2cc(F)c(Cl)c3ccoc23)CCN1.Cl. The maximum absolute atomic E-state index is 13.9. The molecular weight excluding hydrogens is 302 g/mol. The third-order valence-electron chi connectivity index (χ3n) is 3.39. The van der Waals surface area contributed by atoms with Crippen LogP contribution in [-0.2, 0) is 0 Å². The molecular formula is C14H15Cl2FN2O. The predicted octanol–water partition coefficient (Wildman–Crippen LogP) is 3.96. The molecule has 0 atom stereocenters. The van der Waals surface area contributed by atoms with Gasteiger partial charge in [-0.15, -0.1) is 12.4 Å². The molecule has 1 saturated heterocycles. The Morgan fingerprint density at radius 2 is 2.30 bits per heavy atom. The van der Waals surface area contributed by atoms with Crippen molar-refractivity contribution in [3.63, 3.8) is 0 Å². The Hall–Kier alpha value is -1.39. The quantitative estimate of drug-likeness (QED) is 0.863. The van der Waals surface area contributed by atoms with Crippen LogP contribution in [0.15, 0.2) is 34.6 Å². The number of nitrogens with zero attached hydrogens (tertiary/aromatic N) is 1. The molecule has 0 radical (unpaired) electrons. The van der Waals surface area contributed by atoms with E-state index in [1.165, 1.54) is 12.3 Å². The van der Waals surface area contributed by atoms with Gasteiger partial charge in [0.2, 0.25) is 0 Å². The summed E-state index contributed by atoms with van der Waals surface area (Å²) in [6.07, 6.45) is 3.57. The Balaban J connectivity index is 0.00000147. The van der Waals surface area contributed by atoms with Gasteiger partial charge in [0.25, 0.3) is 0 Å². The molecule has 6 heteroatoms. The lowest BCUT2D eigenvalue weighted by Crippen LogP contribution is -2.42. The Bertz CT molecular complexity index is 654. The number of hydrogen-bond acceptors (Lipinski definition) is 3. The van der Waals surface area contributed by atoms with Crippen LogP contribution in [0.1, 0.15) is 6.92 Å². The van der Waals surface area contributed by atoms with Crippen molar-refractivity contribution in [2.75, 3.05) is 24.5 Å². The summed E-state index contributed by atoms with van der Waals surface area (Å²) in [5.41, 5.74) is 2.52. The van der Waals surface area contributed by atoms with E-state index >= 15 is 0 Å². The molecule has 2 heterocycles. The molecule has 108 valence electrons. The fourth-order valence-electron chi connectivity index (χ4n) is 2.38. The normalized spacial score (nSPS) is 17.1. The van der Waals surface area contributed by atoms with Crippen LogP contribution in [0.25, 0.3) is 11.0 Å². The van der Waals surface area contributed by atoms with Crippen LogP contribution in [0.3, 0.4) is 0 Å². The minimum Gasteiger partial charge on any atom is -0.462 e. The van der Waals surface area contributed by atoms with Gasteiger partial charge in [-0.3, -0.25) is 0 Å². The average Bonchev–Trinajstić information content (AvgIpc) is 2.92. The van der Waals surface area contributed by atoms with E-state index in [9.17, 15) is 4.39 Å². The van der Waals surface area contributed by atoms with Crippen molar-refractivity contribution in [2.45, 2.75) is 6.92 Å². The topological polar surface area (TPSA) is 28.4 Å². The van der Waals surface area contributed by atoms with Gasteiger partial charge in [-0.25, -0.2) is 4.39 Å². The lowest BCUT2D eigenvalue weighted by atomic mass is 10.1. The standard InChI is InChI=1S/C14H14ClFN2O.ClH/c1-2-9-8-18(5-4-17-9)12-7-11(16)13(15)10-3-6-19-14(10)12;/h2-3,6-7,17H,4-5,8H2,1H3;1H. The van der Waals surface area contributed by atoms with Crippen molar-refractivity contribution in [1.82, 2.24) is 5.32 Å². The first-order valence-corrected chi connectivity index (χ1v) is 6.57. The highest BCUT2D eigenvalue weighted by atomic mass is 35.5. The summed E-state index contributed by atoms with van der Waals surface area (Å²) < 4.78 is 19.4. The van der Waals surface area contributed by atoms with Crippen LogP contribution in [0, 0.1) is 5.82 Å². The first kappa shape index (κ1) is 15.0. The van der Waals surface area contributed by atoms with Crippen molar-refractivity contribution in [3.8, 4) is 0 Å². The number of anilines is 1. The Kier molecular flexibility index (Phi) is 4.45. The van der Waals surface area contributed by atoms with Crippen molar-refractivity contribution >= 4 is 40.7 Å². The predicted molar refractivity (Wildman–Crippen MR) is 82.4 cm³/mol. The number of nitrogens with one attached hydrogen (secondary N) is 1. The van der Waals surface area contributed by atoms with Gasteiger partial charge in [-0.1, -0.05) is 17.7 Å². The van der Waals surface area contributed by atoms with Gasteiger partial charge in [0, 0.05) is 30.2 Å². The zero-order valence-corrected chi connectivity index (χ0v) is 12.5. The third kappa shape index (κ3) is 2.45. The second kappa shape index (κ2) is 5.94. The van der Waals surface area contributed by atoms with Crippen LogP contribution in [0.5, 0.6) is 0 Å². The Morgan fingerprint density at radius 3 is 3.05 bits per heavy atom. The number of hydrogen-bond donors (Lipinski definition) is 1. The monoisotopic (exact) mass is 316 g/mol. The molecule has 1 aromatic heterocycles. The molecule has 0 spiro atoms. The fraction of sp³-hybridized carbons (Fsp3) is 0.286. The van der Waals surface area contributed by atoms with Gasteiger partial charge in [-0.05, 0) is 13.0 Å². The number of rotatable bonds is 1. The van der Waals surface area contributed by atoms with Gasteiger partial charge in [0.15, 0.2) is 5.58 Å². The zero-order valence-electron chi connectivity index (χ0n) is 11.0. The third-order valence-corrected chi connectivity index (χ3v) is 3.78. The molecule has 0 saturated carbocycles. The van der Waals surface area contributed by atoms with E-state index < -0.39 is 5.82 Å². The fourth-order valence-corrected chi connectivity index (χ4v) is 2.59. The lowest BCUT2D eigenvalue weighted by molar-refractivity contribution is 0.599. The van der Waals surface area contributed by atoms with Crippen molar-refractivity contribution in [3.05, 3.63) is 41.0 Å². The molecule has 0 bridgehead atoms. The van der Waals surface area contributed by atoms with Gasteiger partial charge >= 0.3 is 0 Å². The summed E-state index contributed by atoms with van der Waals surface area (Å²) in [6.45, 7) is 4.32. The number of halogens is 3. The molecule has 1 fully saturated rings. The Morgan fingerprint density at radius 1 is 1.50 bits per heavy atom. The van der Waals surface area contributed by atoms with Crippen LogP contribution in [0.4, 0.5) is 10.1 Å². The lowest BCUT2D eigenvalue weighted by Gasteiger charge is -2.31. The smallest absolute Gasteiger partial charge is 0.158 e. The molecule has 1 aliphatic rings. The molecule has 1 N–H and O–H groups in total. The van der Waals surface area contributed by atoms with E-state index in [1.54, 1.807) is 6.07 Å². The first-order chi connectivity index (χ1) is 9.20. The van der Waals surface area contributed by atoms with E-state index in [2.05, 4.69) is 10.2 Å². The molecule has 0 unspecified atom stereocenters. The first-order valence-electron chi connectivity index (χ1n) is 6.20. The van der Waals surface area contributed by atoms with E-state index in [-0.39, 0.29) is 17.4 Å². The van der Waals surface area contributed by atoms with Gasteiger partial charge in [0.05, 0.1) is 23.5 Å². The number of furan rings is 1. The second-order valence-electron chi connectivity index (χ2n) is 4.52. The molecule has 3 rings (SSSR count). The second-order valence-corrected chi connectivity index (χ2v) is 4.90. The van der Waals surface area contributed by atoms with Crippen LogP contribution in [0.2, 0.25) is 5.02 Å². The van der Waals surface area contributed by atoms with Crippen LogP contribution < -0.4 is 10.2 Å². The van der Waals surface area contributed by atoms with E-state index in [4.69, 9.17) is 16.0 Å². The van der Waals surface area contributed by atoms with E-state index in [0.29, 0.717) is 17.5 Å². The van der Waals surface area contributed by atoms with Crippen molar-refractivity contribution in [1.29, 1.82) is 0 Å². The molecule has 3 nitrogen and oxygen atoms in total. The number of fused-ring (bicyclic) bond motifs is 1. The minimum absolute atomic E-state index is 0. The van der Waals surface area contributed by atoms with Gasteiger partial charge < -0.3 is 14.6 Å². The molecule has 0 aliphatic carbocycles. The zero-order chi connectivity index (χ0) is 13.4. The molecule has 1 aliphatic heterocycles. The highest BCUT2D eigenvalue weighted by Gasteiger charge is 2.20. The summed E-state index contributed by atoms with van der Waals surface area (Å²) >= 11 is 5.96. The number of allylic oxidation sites excluding steroid dienone is 1. The summed E-state index contributed by atoms with van der Waals surface area (Å²) in [5.74, 6) is -0.411. The van der Waals surface area contributed by atoms with Gasteiger partial charge in [0.1, 0.15) is 5.82 Å². The van der Waals surface area contributed by atoms with Crippen molar-refractivity contribution in [2.24, 2.45) is 0 Å². The number of benzene rings is 1. The van der Waals surface area contributed by atoms with Gasteiger partial charge in [-0.2, -0.15) is 0 Å². The summed E-state index contributed by atoms with van der Waals surface area (Å²) in [7, 11) is 0. The van der Waals surface area contributed by atoms with Crippen LogP contribution >= 0.6 is 24.0 Å². The summed E-state index contributed by atoms with van der Waals surface area (Å²) in [6, 6.07) is 3.15. The molecule has 0 amide bonds. The average molecular weight is 317 g/mol. The molecule has 2 aromatic rings. The Labute approximate surface area is 127 Å². The maximum Gasteiger partial charge on any atom is 0.158 e. The maximum atomic E-state index is 13.9. The highest BCUT2D eigenvalue weighted by molar-refractivity contribution is 6.36. The largest absolute Gasteiger partial charge is 0.462 e. The van der Waals surface area contributed by atoms with E-state index in [0.717, 1.165) is 24.5 Å². The van der Waals surface area contributed by atoms with Crippen molar-refractivity contribution < 1.29 is 8.81 Å². The molecule has 20 heavy (non-hydrogen) atoms. The summed E-state index contributed by atoms with van der Waals surface area (Å²) in [4.78, 5) is 2.09.